The molecule has 0 bridgehead atoms. The summed E-state index contributed by atoms with van der Waals surface area (Å²) < 4.78 is 12.8. The van der Waals surface area contributed by atoms with Crippen LogP contribution < -0.4 is 0 Å². The first-order chi connectivity index (χ1) is 5.81. The second-order valence-electron chi connectivity index (χ2n) is 2.40. The molecule has 0 saturated carbocycles. The highest BCUT2D eigenvalue weighted by Gasteiger charge is 2.04. The number of halogens is 1. The highest BCUT2D eigenvalue weighted by atomic mass is 19.1. The molecule has 1 aromatic carbocycles. The van der Waals surface area contributed by atoms with Crippen molar-refractivity contribution in [2.45, 2.75) is 0 Å². The average molecular weight is 161 g/mol. The van der Waals surface area contributed by atoms with Gasteiger partial charge in [0.2, 0.25) is 0 Å². The standard InChI is InChI=1S/C8H4FN3/c9-6-1-5(3-10)7-4-11-12-8(7)2-6/h1-2,4H,(H,11,12). The predicted octanol–water partition coefficient (Wildman–Crippen LogP) is 1.57. The summed E-state index contributed by atoms with van der Waals surface area (Å²) in [4.78, 5) is 0. The van der Waals surface area contributed by atoms with Crippen molar-refractivity contribution in [3.63, 3.8) is 0 Å². The molecule has 0 aliphatic carbocycles. The topological polar surface area (TPSA) is 52.5 Å². The van der Waals surface area contributed by atoms with E-state index in [1.165, 1.54) is 18.3 Å². The maximum atomic E-state index is 12.8. The van der Waals surface area contributed by atoms with Gasteiger partial charge in [-0.3, -0.25) is 5.10 Å². The van der Waals surface area contributed by atoms with Crippen molar-refractivity contribution >= 4 is 10.9 Å². The molecule has 4 heteroatoms. The molecule has 0 amide bonds. The molecule has 0 radical (unpaired) electrons. The highest BCUT2D eigenvalue weighted by molar-refractivity contribution is 5.84. The van der Waals surface area contributed by atoms with Gasteiger partial charge in [-0.1, -0.05) is 0 Å². The molecule has 2 rings (SSSR count). The SMILES string of the molecule is N#Cc1cc(F)cc2[nH]ncc12. The number of nitrogens with zero attached hydrogens (tertiary/aromatic N) is 2. The molecule has 0 atom stereocenters. The molecule has 3 nitrogen and oxygen atoms in total. The van der Waals surface area contributed by atoms with E-state index in [0.29, 0.717) is 16.5 Å². The van der Waals surface area contributed by atoms with Crippen molar-refractivity contribution in [3.05, 3.63) is 29.7 Å². The summed E-state index contributed by atoms with van der Waals surface area (Å²) in [6.45, 7) is 0. The number of hydrogen-bond acceptors (Lipinski definition) is 2. The summed E-state index contributed by atoms with van der Waals surface area (Å²) in [6.07, 6.45) is 1.51. The molecular weight excluding hydrogens is 157 g/mol. The van der Waals surface area contributed by atoms with Crippen molar-refractivity contribution in [2.75, 3.05) is 0 Å². The number of nitriles is 1. The van der Waals surface area contributed by atoms with Gasteiger partial charge in [0.25, 0.3) is 0 Å². The number of benzene rings is 1. The predicted molar refractivity (Wildman–Crippen MR) is 40.8 cm³/mol. The van der Waals surface area contributed by atoms with Crippen LogP contribution in [0.1, 0.15) is 5.56 Å². The molecule has 1 N–H and O–H groups in total. The Bertz CT molecular complexity index is 467. The molecule has 1 aromatic heterocycles. The zero-order valence-corrected chi connectivity index (χ0v) is 6.00. The quantitative estimate of drug-likeness (QED) is 0.637. The van der Waals surface area contributed by atoms with E-state index in [1.807, 2.05) is 6.07 Å². The molecule has 0 unspecified atom stereocenters. The number of aromatic amines is 1. The number of nitrogens with one attached hydrogen (secondary N) is 1. The van der Waals surface area contributed by atoms with E-state index in [0.717, 1.165) is 0 Å². The van der Waals surface area contributed by atoms with Gasteiger partial charge in [0.1, 0.15) is 5.82 Å². The molecular formula is C8H4FN3. The lowest BCUT2D eigenvalue weighted by molar-refractivity contribution is 0.629. The van der Waals surface area contributed by atoms with Crippen LogP contribution in [0.15, 0.2) is 18.3 Å². The van der Waals surface area contributed by atoms with Gasteiger partial charge in [-0.25, -0.2) is 4.39 Å². The summed E-state index contributed by atoms with van der Waals surface area (Å²) in [6, 6.07) is 4.40. The van der Waals surface area contributed by atoms with E-state index in [1.54, 1.807) is 0 Å². The Balaban J connectivity index is 2.91. The number of H-pyrrole nitrogens is 1. The minimum absolute atomic E-state index is 0.304. The maximum absolute atomic E-state index is 12.8. The van der Waals surface area contributed by atoms with Crippen molar-refractivity contribution < 1.29 is 4.39 Å². The van der Waals surface area contributed by atoms with Crippen LogP contribution in [0.2, 0.25) is 0 Å². The summed E-state index contributed by atoms with van der Waals surface area (Å²) in [5.41, 5.74) is 0.852. The third kappa shape index (κ3) is 0.839. The van der Waals surface area contributed by atoms with Crippen LogP contribution in [-0.2, 0) is 0 Å². The minimum Gasteiger partial charge on any atom is -0.278 e. The molecule has 0 fully saturated rings. The van der Waals surface area contributed by atoms with E-state index in [2.05, 4.69) is 10.2 Å². The molecule has 1 heterocycles. The fourth-order valence-electron chi connectivity index (χ4n) is 1.11. The van der Waals surface area contributed by atoms with Gasteiger partial charge >= 0.3 is 0 Å². The summed E-state index contributed by atoms with van der Waals surface area (Å²) >= 11 is 0. The second kappa shape index (κ2) is 2.31. The molecule has 0 aliphatic rings. The summed E-state index contributed by atoms with van der Waals surface area (Å²) in [5.74, 6) is -0.427. The smallest absolute Gasteiger partial charge is 0.126 e. The van der Waals surface area contributed by atoms with Crippen LogP contribution in [0, 0.1) is 17.1 Å². The van der Waals surface area contributed by atoms with E-state index >= 15 is 0 Å². The van der Waals surface area contributed by atoms with Crippen LogP contribution in [-0.4, -0.2) is 10.2 Å². The molecule has 2 aromatic rings. The fourth-order valence-corrected chi connectivity index (χ4v) is 1.11. The third-order valence-electron chi connectivity index (χ3n) is 1.64. The Morgan fingerprint density at radius 2 is 2.33 bits per heavy atom. The van der Waals surface area contributed by atoms with E-state index in [4.69, 9.17) is 5.26 Å². The molecule has 58 valence electrons. The van der Waals surface area contributed by atoms with Crippen LogP contribution in [0.5, 0.6) is 0 Å². The van der Waals surface area contributed by atoms with E-state index in [9.17, 15) is 4.39 Å². The monoisotopic (exact) mass is 161 g/mol. The fraction of sp³-hybridized carbons (Fsp3) is 0. The van der Waals surface area contributed by atoms with Crippen molar-refractivity contribution in [2.24, 2.45) is 0 Å². The maximum Gasteiger partial charge on any atom is 0.126 e. The Morgan fingerprint density at radius 1 is 1.50 bits per heavy atom. The minimum atomic E-state index is -0.427. The van der Waals surface area contributed by atoms with Crippen molar-refractivity contribution in [1.82, 2.24) is 10.2 Å². The lowest BCUT2D eigenvalue weighted by Crippen LogP contribution is -1.80. The van der Waals surface area contributed by atoms with Gasteiger partial charge in [0, 0.05) is 5.39 Å². The van der Waals surface area contributed by atoms with Gasteiger partial charge < -0.3 is 0 Å². The zero-order valence-electron chi connectivity index (χ0n) is 6.00. The molecule has 12 heavy (non-hydrogen) atoms. The number of fused-ring (bicyclic) bond motifs is 1. The lowest BCUT2D eigenvalue weighted by Gasteiger charge is -1.91. The third-order valence-corrected chi connectivity index (χ3v) is 1.64. The second-order valence-corrected chi connectivity index (χ2v) is 2.40. The number of aromatic nitrogens is 2. The summed E-state index contributed by atoms with van der Waals surface area (Å²) in [7, 11) is 0. The zero-order chi connectivity index (χ0) is 8.55. The first kappa shape index (κ1) is 6.80. The van der Waals surface area contributed by atoms with Gasteiger partial charge in [0.15, 0.2) is 0 Å². The van der Waals surface area contributed by atoms with Crippen LogP contribution in [0.3, 0.4) is 0 Å². The number of rotatable bonds is 0. The Morgan fingerprint density at radius 3 is 3.08 bits per heavy atom. The van der Waals surface area contributed by atoms with Gasteiger partial charge in [-0.05, 0) is 12.1 Å². The first-order valence-corrected chi connectivity index (χ1v) is 3.34. The largest absolute Gasteiger partial charge is 0.278 e. The van der Waals surface area contributed by atoms with Gasteiger partial charge in [-0.15, -0.1) is 0 Å². The number of hydrogen-bond donors (Lipinski definition) is 1. The van der Waals surface area contributed by atoms with Gasteiger partial charge in [0.05, 0.1) is 23.3 Å². The Hall–Kier alpha value is -1.89. The summed E-state index contributed by atoms with van der Waals surface area (Å²) in [5, 5.41) is 15.6. The lowest BCUT2D eigenvalue weighted by atomic mass is 10.1. The highest BCUT2D eigenvalue weighted by Crippen LogP contribution is 2.16. The van der Waals surface area contributed by atoms with Crippen LogP contribution in [0.25, 0.3) is 10.9 Å². The first-order valence-electron chi connectivity index (χ1n) is 3.34. The molecule has 0 aliphatic heterocycles. The van der Waals surface area contributed by atoms with E-state index in [-0.39, 0.29) is 0 Å². The average Bonchev–Trinajstić information content (AvgIpc) is 2.50. The van der Waals surface area contributed by atoms with Gasteiger partial charge in [-0.2, -0.15) is 10.4 Å². The Labute approximate surface area is 67.4 Å². The molecule has 0 saturated heterocycles. The van der Waals surface area contributed by atoms with Crippen LogP contribution in [0.4, 0.5) is 4.39 Å². The normalized spacial score (nSPS) is 10.0. The Kier molecular flexibility index (Phi) is 1.31. The van der Waals surface area contributed by atoms with Crippen molar-refractivity contribution in [3.8, 4) is 6.07 Å². The molecule has 0 spiro atoms. The van der Waals surface area contributed by atoms with Crippen molar-refractivity contribution in [1.29, 1.82) is 5.26 Å². The van der Waals surface area contributed by atoms with E-state index < -0.39 is 5.82 Å². The van der Waals surface area contributed by atoms with Crippen LogP contribution >= 0.6 is 0 Å².